The Morgan fingerprint density at radius 3 is 2.48 bits per heavy atom. The topological polar surface area (TPSA) is 76.7 Å². The van der Waals surface area contributed by atoms with Crippen LogP contribution in [0.4, 0.5) is 5.82 Å². The number of aryl methyl sites for hydroxylation is 1. The number of nitrogens with zero attached hydrogens (tertiary/aromatic N) is 4. The van der Waals surface area contributed by atoms with Gasteiger partial charge in [0.25, 0.3) is 0 Å². The van der Waals surface area contributed by atoms with Crippen LogP contribution in [0.1, 0.15) is 18.3 Å². The Morgan fingerprint density at radius 1 is 0.889 bits per heavy atom. The number of anilines is 1. The first-order valence-corrected chi connectivity index (χ1v) is 8.85. The van der Waals surface area contributed by atoms with Gasteiger partial charge < -0.3 is 9.84 Å². The van der Waals surface area contributed by atoms with E-state index in [1.54, 1.807) is 12.4 Å². The normalized spacial score (nSPS) is 10.7. The van der Waals surface area contributed by atoms with Crippen LogP contribution in [0.3, 0.4) is 0 Å². The van der Waals surface area contributed by atoms with Crippen LogP contribution in [0.15, 0.2) is 71.5 Å². The van der Waals surface area contributed by atoms with Gasteiger partial charge in [-0.25, -0.2) is 9.97 Å². The van der Waals surface area contributed by atoms with Crippen molar-refractivity contribution in [1.29, 1.82) is 0 Å². The van der Waals surface area contributed by atoms with Gasteiger partial charge in [-0.15, -0.1) is 0 Å². The van der Waals surface area contributed by atoms with Gasteiger partial charge in [-0.2, -0.15) is 0 Å². The van der Waals surface area contributed by atoms with Crippen LogP contribution in [-0.2, 0) is 13.0 Å². The van der Waals surface area contributed by atoms with Crippen LogP contribution in [-0.4, -0.2) is 20.1 Å². The fourth-order valence-electron chi connectivity index (χ4n) is 2.71. The van der Waals surface area contributed by atoms with E-state index in [0.29, 0.717) is 12.4 Å². The maximum absolute atomic E-state index is 5.45. The summed E-state index contributed by atoms with van der Waals surface area (Å²) in [6, 6.07) is 17.6. The molecule has 0 radical (unpaired) electrons. The largest absolute Gasteiger partial charge is 0.364 e. The van der Waals surface area contributed by atoms with E-state index in [-0.39, 0.29) is 0 Å². The minimum Gasteiger partial charge on any atom is -0.364 e. The van der Waals surface area contributed by atoms with Gasteiger partial charge in [-0.05, 0) is 18.6 Å². The molecule has 0 aliphatic carbocycles. The van der Waals surface area contributed by atoms with Crippen molar-refractivity contribution in [3.63, 3.8) is 0 Å². The molecule has 0 fully saturated rings. The molecule has 0 bridgehead atoms. The molecule has 0 spiro atoms. The van der Waals surface area contributed by atoms with Crippen LogP contribution >= 0.6 is 0 Å². The molecule has 0 saturated heterocycles. The van der Waals surface area contributed by atoms with E-state index in [4.69, 9.17) is 4.52 Å². The molecule has 0 amide bonds. The molecule has 0 aliphatic heterocycles. The highest BCUT2D eigenvalue weighted by Gasteiger charge is 2.09. The van der Waals surface area contributed by atoms with Crippen molar-refractivity contribution in [3.8, 4) is 22.7 Å². The number of rotatable bonds is 6. The summed E-state index contributed by atoms with van der Waals surface area (Å²) in [6.45, 7) is 2.60. The predicted octanol–water partition coefficient (Wildman–Crippen LogP) is 4.37. The van der Waals surface area contributed by atoms with Crippen molar-refractivity contribution in [2.24, 2.45) is 0 Å². The van der Waals surface area contributed by atoms with Crippen molar-refractivity contribution < 1.29 is 4.52 Å². The van der Waals surface area contributed by atoms with E-state index in [1.165, 1.54) is 0 Å². The molecule has 3 aromatic heterocycles. The van der Waals surface area contributed by atoms with E-state index in [1.807, 2.05) is 54.6 Å². The van der Waals surface area contributed by atoms with Gasteiger partial charge in [-0.1, -0.05) is 42.4 Å². The molecule has 0 unspecified atom stereocenters. The smallest absolute Gasteiger partial charge is 0.167 e. The number of benzene rings is 1. The monoisotopic (exact) mass is 357 g/mol. The zero-order valence-electron chi connectivity index (χ0n) is 15.0. The Kier molecular flexibility index (Phi) is 4.87. The summed E-state index contributed by atoms with van der Waals surface area (Å²) in [7, 11) is 0. The highest BCUT2D eigenvalue weighted by Crippen LogP contribution is 2.21. The van der Waals surface area contributed by atoms with Gasteiger partial charge in [0, 0.05) is 41.3 Å². The highest BCUT2D eigenvalue weighted by atomic mass is 16.5. The molecule has 0 aliphatic rings. The van der Waals surface area contributed by atoms with Crippen LogP contribution in [0.2, 0.25) is 0 Å². The first kappa shape index (κ1) is 16.9. The van der Waals surface area contributed by atoms with E-state index >= 15 is 0 Å². The van der Waals surface area contributed by atoms with Crippen LogP contribution in [0.5, 0.6) is 0 Å². The first-order chi connectivity index (χ1) is 13.3. The average molecular weight is 357 g/mol. The number of hydrogen-bond donors (Lipinski definition) is 1. The lowest BCUT2D eigenvalue weighted by molar-refractivity contribution is 0.424. The quantitative estimate of drug-likeness (QED) is 0.552. The maximum atomic E-state index is 5.45. The summed E-state index contributed by atoms with van der Waals surface area (Å²) in [5.41, 5.74) is 3.74. The Bertz CT molecular complexity index is 1020. The average Bonchev–Trinajstić information content (AvgIpc) is 3.22. The Labute approximate surface area is 157 Å². The van der Waals surface area contributed by atoms with Crippen LogP contribution in [0.25, 0.3) is 22.7 Å². The van der Waals surface area contributed by atoms with Gasteiger partial charge in [0.05, 0.1) is 6.54 Å². The third-order valence-corrected chi connectivity index (χ3v) is 4.15. The molecule has 134 valence electrons. The van der Waals surface area contributed by atoms with E-state index < -0.39 is 0 Å². The van der Waals surface area contributed by atoms with E-state index in [2.05, 4.69) is 32.3 Å². The number of hydrogen-bond acceptors (Lipinski definition) is 6. The lowest BCUT2D eigenvalue weighted by atomic mass is 10.2. The highest BCUT2D eigenvalue weighted by molar-refractivity contribution is 5.58. The molecule has 27 heavy (non-hydrogen) atoms. The first-order valence-electron chi connectivity index (χ1n) is 8.85. The Hall–Kier alpha value is -3.54. The molecule has 4 rings (SSSR count). The molecular weight excluding hydrogens is 338 g/mol. The van der Waals surface area contributed by atoms with Crippen molar-refractivity contribution in [1.82, 2.24) is 20.1 Å². The summed E-state index contributed by atoms with van der Waals surface area (Å²) in [5, 5.41) is 7.46. The van der Waals surface area contributed by atoms with Crippen molar-refractivity contribution in [2.45, 2.75) is 19.9 Å². The summed E-state index contributed by atoms with van der Waals surface area (Å²) < 4.78 is 5.45. The standard InChI is InChI=1S/C21H19N5O/c1-2-17-13-20(25-21(24-17)16-8-10-22-11-9-16)23-14-18-12-19(27-26-18)15-6-4-3-5-7-15/h3-13H,2,14H2,1H3,(H,23,24,25). The lowest BCUT2D eigenvalue weighted by Crippen LogP contribution is -2.05. The minimum absolute atomic E-state index is 0.520. The molecule has 6 nitrogen and oxygen atoms in total. The van der Waals surface area contributed by atoms with Gasteiger partial charge in [0.1, 0.15) is 11.5 Å². The molecule has 1 aromatic carbocycles. The Balaban J connectivity index is 1.52. The van der Waals surface area contributed by atoms with E-state index in [9.17, 15) is 0 Å². The summed E-state index contributed by atoms with van der Waals surface area (Å²) in [6.07, 6.45) is 4.31. The third-order valence-electron chi connectivity index (χ3n) is 4.15. The number of nitrogens with one attached hydrogen (secondary N) is 1. The molecule has 6 heteroatoms. The molecule has 3 heterocycles. The van der Waals surface area contributed by atoms with Crippen LogP contribution in [0, 0.1) is 0 Å². The third kappa shape index (κ3) is 4.00. The molecule has 0 saturated carbocycles. The SMILES string of the molecule is CCc1cc(NCc2cc(-c3ccccc3)on2)nc(-c2ccncc2)n1. The van der Waals surface area contributed by atoms with Crippen LogP contribution < -0.4 is 5.32 Å². The Morgan fingerprint density at radius 2 is 1.70 bits per heavy atom. The lowest BCUT2D eigenvalue weighted by Gasteiger charge is -2.08. The maximum Gasteiger partial charge on any atom is 0.167 e. The molecule has 1 N–H and O–H groups in total. The number of pyridine rings is 1. The summed E-state index contributed by atoms with van der Waals surface area (Å²) in [5.74, 6) is 2.20. The second-order valence-corrected chi connectivity index (χ2v) is 6.06. The van der Waals surface area contributed by atoms with Crippen molar-refractivity contribution >= 4 is 5.82 Å². The second kappa shape index (κ2) is 7.78. The molecule has 0 atom stereocenters. The molecular formula is C21H19N5O. The minimum atomic E-state index is 0.520. The van der Waals surface area contributed by atoms with Gasteiger partial charge in [-0.3, -0.25) is 4.98 Å². The van der Waals surface area contributed by atoms with Gasteiger partial charge >= 0.3 is 0 Å². The van der Waals surface area contributed by atoms with Gasteiger partial charge in [0.15, 0.2) is 11.6 Å². The van der Waals surface area contributed by atoms with Crippen molar-refractivity contribution in [3.05, 3.63) is 78.4 Å². The van der Waals surface area contributed by atoms with Gasteiger partial charge in [0.2, 0.25) is 0 Å². The zero-order valence-corrected chi connectivity index (χ0v) is 15.0. The summed E-state index contributed by atoms with van der Waals surface area (Å²) >= 11 is 0. The fraction of sp³-hybridized carbons (Fsp3) is 0.143. The molecule has 4 aromatic rings. The van der Waals surface area contributed by atoms with E-state index in [0.717, 1.165) is 40.5 Å². The summed E-state index contributed by atoms with van der Waals surface area (Å²) in [4.78, 5) is 13.3. The second-order valence-electron chi connectivity index (χ2n) is 6.06. The van der Waals surface area contributed by atoms with Crippen molar-refractivity contribution in [2.75, 3.05) is 5.32 Å². The zero-order chi connectivity index (χ0) is 18.5. The predicted molar refractivity (Wildman–Crippen MR) is 104 cm³/mol. The fourth-order valence-corrected chi connectivity index (χ4v) is 2.71. The number of aromatic nitrogens is 4.